The summed E-state index contributed by atoms with van der Waals surface area (Å²) in [6.45, 7) is 2.13. The second kappa shape index (κ2) is 8.07. The Kier molecular flexibility index (Phi) is 5.82. The normalized spacial score (nSPS) is 16.7. The predicted octanol–water partition coefficient (Wildman–Crippen LogP) is 6.18. The van der Waals surface area contributed by atoms with Gasteiger partial charge in [0.2, 0.25) is 0 Å². The zero-order valence-electron chi connectivity index (χ0n) is 14.8. The second-order valence-corrected chi connectivity index (χ2v) is 7.21. The van der Waals surface area contributed by atoms with Crippen molar-refractivity contribution in [2.45, 2.75) is 58.3 Å². The van der Waals surface area contributed by atoms with Gasteiger partial charge in [-0.3, -0.25) is 0 Å². The third kappa shape index (κ3) is 4.45. The van der Waals surface area contributed by atoms with E-state index in [0.29, 0.717) is 12.3 Å². The summed E-state index contributed by atoms with van der Waals surface area (Å²) in [7, 11) is 0. The molecule has 2 aromatic rings. The molecule has 0 aromatic heterocycles. The highest BCUT2D eigenvalue weighted by Gasteiger charge is 2.21. The van der Waals surface area contributed by atoms with Crippen molar-refractivity contribution in [2.24, 2.45) is 5.92 Å². The lowest BCUT2D eigenvalue weighted by atomic mass is 9.81. The number of hydrogen-bond acceptors (Lipinski definition) is 0. The molecule has 0 saturated heterocycles. The highest BCUT2D eigenvalue weighted by Crippen LogP contribution is 2.30. The first-order valence-electron chi connectivity index (χ1n) is 9.31. The Labute approximate surface area is 148 Å². The third-order valence-electron chi connectivity index (χ3n) is 5.33. The van der Waals surface area contributed by atoms with E-state index >= 15 is 0 Å². The van der Waals surface area contributed by atoms with Gasteiger partial charge in [-0.2, -0.15) is 0 Å². The Hall–Kier alpha value is -1.77. The zero-order chi connectivity index (χ0) is 17.8. The first-order valence-corrected chi connectivity index (χ1v) is 9.31. The van der Waals surface area contributed by atoms with Crippen LogP contribution in [-0.2, 0) is 25.7 Å². The minimum atomic E-state index is -0.770. The lowest BCUT2D eigenvalue weighted by Crippen LogP contribution is -2.16. The first kappa shape index (κ1) is 18.0. The van der Waals surface area contributed by atoms with Crippen molar-refractivity contribution < 1.29 is 13.2 Å². The van der Waals surface area contributed by atoms with Crippen molar-refractivity contribution >= 4 is 0 Å². The summed E-state index contributed by atoms with van der Waals surface area (Å²) in [5.41, 5.74) is 3.65. The quantitative estimate of drug-likeness (QED) is 0.585. The standard InChI is InChI=1S/C22H25F3/c1-2-3-4-15-5-8-17(20(23)12-15)9-6-16-7-10-18-13-21(24)22(25)14-19(18)11-16/h5,8,12-14,16H,2-4,6-7,9-11H2,1H3. The Balaban J connectivity index is 1.60. The molecular weight excluding hydrogens is 321 g/mol. The number of aryl methyl sites for hydroxylation is 3. The van der Waals surface area contributed by atoms with Crippen LogP contribution in [0.4, 0.5) is 13.2 Å². The van der Waals surface area contributed by atoms with Crippen molar-refractivity contribution in [1.82, 2.24) is 0 Å². The summed E-state index contributed by atoms with van der Waals surface area (Å²) < 4.78 is 41.0. The van der Waals surface area contributed by atoms with E-state index in [0.717, 1.165) is 67.2 Å². The van der Waals surface area contributed by atoms with Gasteiger partial charge in [0.15, 0.2) is 11.6 Å². The molecule has 0 N–H and O–H groups in total. The van der Waals surface area contributed by atoms with Crippen LogP contribution < -0.4 is 0 Å². The Morgan fingerprint density at radius 2 is 1.68 bits per heavy atom. The third-order valence-corrected chi connectivity index (χ3v) is 5.33. The largest absolute Gasteiger partial charge is 0.207 e. The van der Waals surface area contributed by atoms with E-state index in [2.05, 4.69) is 6.92 Å². The summed E-state index contributed by atoms with van der Waals surface area (Å²) in [6, 6.07) is 8.27. The van der Waals surface area contributed by atoms with Crippen molar-refractivity contribution in [3.63, 3.8) is 0 Å². The minimum absolute atomic E-state index is 0.113. The molecule has 0 spiro atoms. The number of hydrogen-bond donors (Lipinski definition) is 0. The van der Waals surface area contributed by atoms with Gasteiger partial charge in [-0.05, 0) is 91.3 Å². The fourth-order valence-corrected chi connectivity index (χ4v) is 3.76. The summed E-state index contributed by atoms with van der Waals surface area (Å²) >= 11 is 0. The van der Waals surface area contributed by atoms with Crippen LogP contribution in [0.3, 0.4) is 0 Å². The molecule has 25 heavy (non-hydrogen) atoms. The average Bonchev–Trinajstić information content (AvgIpc) is 2.60. The molecule has 0 bridgehead atoms. The van der Waals surface area contributed by atoms with Crippen molar-refractivity contribution in [2.75, 3.05) is 0 Å². The zero-order valence-corrected chi connectivity index (χ0v) is 14.8. The van der Waals surface area contributed by atoms with E-state index < -0.39 is 11.6 Å². The van der Waals surface area contributed by atoms with Crippen LogP contribution >= 0.6 is 0 Å². The van der Waals surface area contributed by atoms with Gasteiger partial charge in [0.25, 0.3) is 0 Å². The monoisotopic (exact) mass is 346 g/mol. The molecule has 1 aliphatic carbocycles. The number of benzene rings is 2. The fraction of sp³-hybridized carbons (Fsp3) is 0.455. The molecule has 0 heterocycles. The molecule has 0 fully saturated rings. The fourth-order valence-electron chi connectivity index (χ4n) is 3.76. The molecule has 0 saturated carbocycles. The molecule has 0 aliphatic heterocycles. The van der Waals surface area contributed by atoms with Crippen LogP contribution in [0.5, 0.6) is 0 Å². The molecule has 2 aromatic carbocycles. The van der Waals surface area contributed by atoms with Gasteiger partial charge < -0.3 is 0 Å². The summed E-state index contributed by atoms with van der Waals surface area (Å²) in [5.74, 6) is -1.25. The van der Waals surface area contributed by atoms with Crippen molar-refractivity contribution in [1.29, 1.82) is 0 Å². The molecular formula is C22H25F3. The van der Waals surface area contributed by atoms with E-state index in [9.17, 15) is 13.2 Å². The summed E-state index contributed by atoms with van der Waals surface area (Å²) in [6.07, 6.45) is 7.17. The number of unbranched alkanes of at least 4 members (excludes halogenated alkanes) is 1. The Bertz CT molecular complexity index is 736. The predicted molar refractivity (Wildman–Crippen MR) is 95.2 cm³/mol. The SMILES string of the molecule is CCCCc1ccc(CCC2CCc3cc(F)c(F)cc3C2)c(F)c1. The van der Waals surface area contributed by atoms with Gasteiger partial charge >= 0.3 is 0 Å². The van der Waals surface area contributed by atoms with Crippen LogP contribution in [0, 0.1) is 23.4 Å². The average molecular weight is 346 g/mol. The molecule has 1 atom stereocenters. The van der Waals surface area contributed by atoms with Crippen LogP contribution in [0.15, 0.2) is 30.3 Å². The molecule has 3 rings (SSSR count). The van der Waals surface area contributed by atoms with E-state index in [1.807, 2.05) is 12.1 Å². The second-order valence-electron chi connectivity index (χ2n) is 7.21. The maximum atomic E-state index is 14.3. The topological polar surface area (TPSA) is 0 Å². The van der Waals surface area contributed by atoms with Crippen molar-refractivity contribution in [3.05, 3.63) is 70.0 Å². The van der Waals surface area contributed by atoms with Gasteiger partial charge in [0.05, 0.1) is 0 Å². The van der Waals surface area contributed by atoms with Gasteiger partial charge in [-0.15, -0.1) is 0 Å². The lowest BCUT2D eigenvalue weighted by Gasteiger charge is -2.25. The van der Waals surface area contributed by atoms with Gasteiger partial charge in [0, 0.05) is 0 Å². The number of rotatable bonds is 6. The van der Waals surface area contributed by atoms with Crippen LogP contribution in [0.25, 0.3) is 0 Å². The van der Waals surface area contributed by atoms with Gasteiger partial charge in [0.1, 0.15) is 5.82 Å². The number of fused-ring (bicyclic) bond motifs is 1. The smallest absolute Gasteiger partial charge is 0.159 e. The molecule has 1 aliphatic rings. The maximum absolute atomic E-state index is 14.3. The van der Waals surface area contributed by atoms with E-state index in [-0.39, 0.29) is 5.82 Å². The highest BCUT2D eigenvalue weighted by molar-refractivity contribution is 5.31. The van der Waals surface area contributed by atoms with Crippen LogP contribution in [0.1, 0.15) is 54.9 Å². The van der Waals surface area contributed by atoms with E-state index in [1.54, 1.807) is 6.07 Å². The van der Waals surface area contributed by atoms with E-state index in [4.69, 9.17) is 0 Å². The summed E-state index contributed by atoms with van der Waals surface area (Å²) in [4.78, 5) is 0. The molecule has 1 unspecified atom stereocenters. The molecule has 134 valence electrons. The van der Waals surface area contributed by atoms with Gasteiger partial charge in [-0.25, -0.2) is 13.2 Å². The molecule has 0 amide bonds. The minimum Gasteiger partial charge on any atom is -0.207 e. The maximum Gasteiger partial charge on any atom is 0.159 e. The molecule has 0 radical (unpaired) electrons. The van der Waals surface area contributed by atoms with Crippen LogP contribution in [-0.4, -0.2) is 0 Å². The Morgan fingerprint density at radius 1 is 0.920 bits per heavy atom. The first-order chi connectivity index (χ1) is 12.1. The molecule has 3 heteroatoms. The number of halogens is 3. The lowest BCUT2D eigenvalue weighted by molar-refractivity contribution is 0.417. The van der Waals surface area contributed by atoms with E-state index in [1.165, 1.54) is 12.1 Å². The Morgan fingerprint density at radius 3 is 2.40 bits per heavy atom. The van der Waals surface area contributed by atoms with Gasteiger partial charge in [-0.1, -0.05) is 25.5 Å². The van der Waals surface area contributed by atoms with Crippen molar-refractivity contribution in [3.8, 4) is 0 Å². The summed E-state index contributed by atoms with van der Waals surface area (Å²) in [5, 5.41) is 0. The van der Waals surface area contributed by atoms with Crippen LogP contribution in [0.2, 0.25) is 0 Å². The highest BCUT2D eigenvalue weighted by atomic mass is 19.2. The molecule has 0 nitrogen and oxygen atoms in total.